The minimum Gasteiger partial charge on any atom is -0.399 e. The second kappa shape index (κ2) is 5.69. The number of nitrogen functional groups attached to an aromatic ring is 1. The van der Waals surface area contributed by atoms with E-state index < -0.39 is 23.1 Å². The third kappa shape index (κ3) is 2.93. The topological polar surface area (TPSA) is 55.1 Å². The van der Waals surface area contributed by atoms with Gasteiger partial charge < -0.3 is 11.1 Å². The van der Waals surface area contributed by atoms with Crippen LogP contribution in [-0.2, 0) is 6.54 Å². The van der Waals surface area contributed by atoms with Gasteiger partial charge in [-0.2, -0.15) is 0 Å². The number of hydrogen-bond donors (Lipinski definition) is 2. The second-order valence-corrected chi connectivity index (χ2v) is 4.48. The van der Waals surface area contributed by atoms with Crippen molar-refractivity contribution in [1.29, 1.82) is 0 Å². The Bertz CT molecular complexity index is 639. The monoisotopic (exact) mass is 276 g/mol. The first-order chi connectivity index (χ1) is 9.49. The molecule has 104 valence electrons. The molecular formula is C15H14F2N2O. The molecule has 3 nitrogen and oxygen atoms in total. The quantitative estimate of drug-likeness (QED) is 0.847. The standard InChI is InChI=1S/C15H14F2N2O/c1-9-2-7-12(16)13(14(9)17)15(20)19-8-10-3-5-11(18)6-4-10/h2-7H,8,18H2,1H3,(H,19,20). The molecule has 0 aliphatic heterocycles. The average molecular weight is 276 g/mol. The van der Waals surface area contributed by atoms with E-state index in [1.807, 2.05) is 0 Å². The minimum absolute atomic E-state index is 0.173. The van der Waals surface area contributed by atoms with Gasteiger partial charge in [-0.05, 0) is 36.2 Å². The number of halogens is 2. The highest BCUT2D eigenvalue weighted by Gasteiger charge is 2.18. The van der Waals surface area contributed by atoms with Gasteiger partial charge in [0.25, 0.3) is 5.91 Å². The number of carbonyl (C=O) groups excluding carboxylic acids is 1. The van der Waals surface area contributed by atoms with Gasteiger partial charge >= 0.3 is 0 Å². The molecule has 0 aromatic heterocycles. The highest BCUT2D eigenvalue weighted by molar-refractivity contribution is 5.94. The average Bonchev–Trinajstić information content (AvgIpc) is 2.43. The predicted molar refractivity (Wildman–Crippen MR) is 73.1 cm³/mol. The molecule has 0 aliphatic carbocycles. The van der Waals surface area contributed by atoms with Crippen LogP contribution in [0.3, 0.4) is 0 Å². The zero-order valence-corrected chi connectivity index (χ0v) is 10.9. The Morgan fingerprint density at radius 3 is 2.45 bits per heavy atom. The molecule has 1 amide bonds. The van der Waals surface area contributed by atoms with E-state index in [1.54, 1.807) is 24.3 Å². The molecule has 0 radical (unpaired) electrons. The summed E-state index contributed by atoms with van der Waals surface area (Å²) in [6, 6.07) is 9.22. The van der Waals surface area contributed by atoms with Crippen LogP contribution in [0.25, 0.3) is 0 Å². The molecule has 3 N–H and O–H groups in total. The lowest BCUT2D eigenvalue weighted by atomic mass is 10.1. The number of hydrogen-bond acceptors (Lipinski definition) is 2. The summed E-state index contributed by atoms with van der Waals surface area (Å²) in [5.41, 5.74) is 6.61. The SMILES string of the molecule is Cc1ccc(F)c(C(=O)NCc2ccc(N)cc2)c1F. The fourth-order valence-corrected chi connectivity index (χ4v) is 1.77. The van der Waals surface area contributed by atoms with Gasteiger partial charge in [0.05, 0.1) is 0 Å². The van der Waals surface area contributed by atoms with E-state index in [1.165, 1.54) is 13.0 Å². The van der Waals surface area contributed by atoms with Crippen molar-refractivity contribution in [2.45, 2.75) is 13.5 Å². The maximum absolute atomic E-state index is 13.8. The smallest absolute Gasteiger partial charge is 0.257 e. The summed E-state index contributed by atoms with van der Waals surface area (Å²) >= 11 is 0. The van der Waals surface area contributed by atoms with E-state index in [0.29, 0.717) is 5.69 Å². The lowest BCUT2D eigenvalue weighted by Gasteiger charge is -2.09. The summed E-state index contributed by atoms with van der Waals surface area (Å²) in [5.74, 6) is -2.48. The maximum atomic E-state index is 13.8. The molecule has 0 bridgehead atoms. The van der Waals surface area contributed by atoms with Gasteiger partial charge in [0.15, 0.2) is 0 Å². The number of benzene rings is 2. The van der Waals surface area contributed by atoms with Crippen LogP contribution in [0.15, 0.2) is 36.4 Å². The van der Waals surface area contributed by atoms with E-state index in [0.717, 1.165) is 11.6 Å². The highest BCUT2D eigenvalue weighted by Crippen LogP contribution is 2.16. The van der Waals surface area contributed by atoms with E-state index in [2.05, 4.69) is 5.32 Å². The van der Waals surface area contributed by atoms with Gasteiger partial charge in [-0.25, -0.2) is 8.78 Å². The lowest BCUT2D eigenvalue weighted by Crippen LogP contribution is -2.25. The second-order valence-electron chi connectivity index (χ2n) is 4.48. The van der Waals surface area contributed by atoms with Crippen LogP contribution in [0.5, 0.6) is 0 Å². The van der Waals surface area contributed by atoms with Crippen LogP contribution in [0, 0.1) is 18.6 Å². The predicted octanol–water partition coefficient (Wildman–Crippen LogP) is 2.79. The molecule has 0 saturated heterocycles. The summed E-state index contributed by atoms with van der Waals surface area (Å²) in [5, 5.41) is 2.48. The van der Waals surface area contributed by atoms with Gasteiger partial charge in [-0.15, -0.1) is 0 Å². The number of anilines is 1. The van der Waals surface area contributed by atoms with Crippen molar-refractivity contribution >= 4 is 11.6 Å². The molecule has 5 heteroatoms. The van der Waals surface area contributed by atoms with Crippen LogP contribution in [0.4, 0.5) is 14.5 Å². The Morgan fingerprint density at radius 1 is 1.15 bits per heavy atom. The normalized spacial score (nSPS) is 10.3. The van der Waals surface area contributed by atoms with E-state index in [9.17, 15) is 13.6 Å². The summed E-state index contributed by atoms with van der Waals surface area (Å²) in [6.45, 7) is 1.65. The Morgan fingerprint density at radius 2 is 1.80 bits per heavy atom. The summed E-state index contributed by atoms with van der Waals surface area (Å²) < 4.78 is 27.3. The number of aryl methyl sites for hydroxylation is 1. The van der Waals surface area contributed by atoms with Crippen LogP contribution in [0.2, 0.25) is 0 Å². The number of amides is 1. The first kappa shape index (κ1) is 14.0. The van der Waals surface area contributed by atoms with Crippen molar-refractivity contribution in [1.82, 2.24) is 5.32 Å². The van der Waals surface area contributed by atoms with E-state index >= 15 is 0 Å². The molecule has 20 heavy (non-hydrogen) atoms. The van der Waals surface area contributed by atoms with Gasteiger partial charge in [-0.3, -0.25) is 4.79 Å². The zero-order chi connectivity index (χ0) is 14.7. The van der Waals surface area contributed by atoms with Crippen molar-refractivity contribution in [2.24, 2.45) is 0 Å². The van der Waals surface area contributed by atoms with Gasteiger partial charge in [0.2, 0.25) is 0 Å². The Kier molecular flexibility index (Phi) is 3.98. The molecular weight excluding hydrogens is 262 g/mol. The first-order valence-corrected chi connectivity index (χ1v) is 6.06. The molecule has 0 heterocycles. The third-order valence-electron chi connectivity index (χ3n) is 2.94. The van der Waals surface area contributed by atoms with Crippen molar-refractivity contribution in [3.8, 4) is 0 Å². The van der Waals surface area contributed by atoms with Crippen LogP contribution in [-0.4, -0.2) is 5.91 Å². The molecule has 0 saturated carbocycles. The molecule has 0 unspecified atom stereocenters. The minimum atomic E-state index is -0.872. The van der Waals surface area contributed by atoms with Crippen molar-refractivity contribution in [3.63, 3.8) is 0 Å². The van der Waals surface area contributed by atoms with Crippen molar-refractivity contribution in [3.05, 3.63) is 64.7 Å². The fraction of sp³-hybridized carbons (Fsp3) is 0.133. The summed E-state index contributed by atoms with van der Waals surface area (Å²) in [7, 11) is 0. The van der Waals surface area contributed by atoms with Crippen molar-refractivity contribution in [2.75, 3.05) is 5.73 Å². The molecule has 0 aliphatic rings. The number of nitrogens with one attached hydrogen (secondary N) is 1. The zero-order valence-electron chi connectivity index (χ0n) is 10.9. The van der Waals surface area contributed by atoms with Crippen LogP contribution >= 0.6 is 0 Å². The summed E-state index contributed by atoms with van der Waals surface area (Å²) in [4.78, 5) is 11.9. The molecule has 0 atom stereocenters. The van der Waals surface area contributed by atoms with Crippen LogP contribution in [0.1, 0.15) is 21.5 Å². The van der Waals surface area contributed by atoms with E-state index in [4.69, 9.17) is 5.73 Å². The van der Waals surface area contributed by atoms with Gasteiger partial charge in [-0.1, -0.05) is 18.2 Å². The molecule has 2 rings (SSSR count). The maximum Gasteiger partial charge on any atom is 0.257 e. The summed E-state index contributed by atoms with van der Waals surface area (Å²) in [6.07, 6.45) is 0. The molecule has 0 spiro atoms. The highest BCUT2D eigenvalue weighted by atomic mass is 19.1. The van der Waals surface area contributed by atoms with Crippen molar-refractivity contribution < 1.29 is 13.6 Å². The number of nitrogens with two attached hydrogens (primary N) is 1. The fourth-order valence-electron chi connectivity index (χ4n) is 1.77. The van der Waals surface area contributed by atoms with Crippen LogP contribution < -0.4 is 11.1 Å². The Balaban J connectivity index is 2.13. The van der Waals surface area contributed by atoms with Gasteiger partial charge in [0.1, 0.15) is 17.2 Å². The van der Waals surface area contributed by atoms with Gasteiger partial charge in [0, 0.05) is 12.2 Å². The number of rotatable bonds is 3. The third-order valence-corrected chi connectivity index (χ3v) is 2.94. The molecule has 2 aromatic carbocycles. The Labute approximate surface area is 115 Å². The first-order valence-electron chi connectivity index (χ1n) is 6.06. The molecule has 0 fully saturated rings. The lowest BCUT2D eigenvalue weighted by molar-refractivity contribution is 0.0942. The molecule has 2 aromatic rings. The number of carbonyl (C=O) groups is 1. The Hall–Kier alpha value is -2.43. The van der Waals surface area contributed by atoms with E-state index in [-0.39, 0.29) is 12.1 Å². The largest absolute Gasteiger partial charge is 0.399 e.